The number of ether oxygens (including phenoxy) is 1. The summed E-state index contributed by atoms with van der Waals surface area (Å²) in [6.45, 7) is 0. The molecule has 0 aliphatic heterocycles. The maximum atomic E-state index is 5.87. The molecule has 2 aromatic heterocycles. The summed E-state index contributed by atoms with van der Waals surface area (Å²) >= 11 is 4.95. The molecule has 3 rings (SSSR count). The number of nitrogens with zero attached hydrogens (tertiary/aromatic N) is 2. The Hall–Kier alpha value is -1.86. The van der Waals surface area contributed by atoms with Crippen molar-refractivity contribution >= 4 is 33.0 Å². The maximum absolute atomic E-state index is 5.87. The molecule has 20 heavy (non-hydrogen) atoms. The van der Waals surface area contributed by atoms with Gasteiger partial charge >= 0.3 is 0 Å². The molecule has 5 nitrogen and oxygen atoms in total. The van der Waals surface area contributed by atoms with Crippen molar-refractivity contribution in [2.45, 2.75) is 0 Å². The van der Waals surface area contributed by atoms with Gasteiger partial charge in [0.2, 0.25) is 5.82 Å². The molecular weight excluding hydrogens is 342 g/mol. The van der Waals surface area contributed by atoms with Gasteiger partial charge in [-0.25, -0.2) is 0 Å². The Morgan fingerprint density at radius 3 is 2.80 bits per heavy atom. The monoisotopic (exact) mass is 351 g/mol. The number of benzene rings is 1. The van der Waals surface area contributed by atoms with Crippen molar-refractivity contribution in [1.29, 1.82) is 0 Å². The normalized spacial score (nSPS) is 10.7. The van der Waals surface area contributed by atoms with Crippen molar-refractivity contribution in [2.75, 3.05) is 12.8 Å². The highest BCUT2D eigenvalue weighted by atomic mass is 79.9. The smallest absolute Gasteiger partial charge is 0.258 e. The van der Waals surface area contributed by atoms with Gasteiger partial charge in [-0.15, -0.1) is 11.3 Å². The van der Waals surface area contributed by atoms with Gasteiger partial charge in [0.25, 0.3) is 5.89 Å². The molecule has 0 bridgehead atoms. The number of methoxy groups -OCH3 is 1. The molecule has 0 atom stereocenters. The van der Waals surface area contributed by atoms with Crippen LogP contribution in [0.1, 0.15) is 0 Å². The zero-order chi connectivity index (χ0) is 14.1. The average molecular weight is 352 g/mol. The van der Waals surface area contributed by atoms with Gasteiger partial charge in [-0.2, -0.15) is 4.98 Å². The molecule has 0 aliphatic rings. The van der Waals surface area contributed by atoms with Gasteiger partial charge in [-0.05, 0) is 46.3 Å². The predicted octanol–water partition coefficient (Wildman–Crippen LogP) is 3.82. The van der Waals surface area contributed by atoms with Crippen LogP contribution in [-0.4, -0.2) is 17.3 Å². The Morgan fingerprint density at radius 1 is 1.30 bits per heavy atom. The lowest BCUT2D eigenvalue weighted by atomic mass is 10.2. The highest BCUT2D eigenvalue weighted by molar-refractivity contribution is 9.11. The first-order chi connectivity index (χ1) is 9.67. The van der Waals surface area contributed by atoms with Crippen LogP contribution in [0.25, 0.3) is 22.2 Å². The van der Waals surface area contributed by atoms with Crippen LogP contribution in [0.15, 0.2) is 38.6 Å². The Labute approximate surface area is 127 Å². The first-order valence-electron chi connectivity index (χ1n) is 5.70. The molecule has 7 heteroatoms. The van der Waals surface area contributed by atoms with Crippen molar-refractivity contribution in [3.63, 3.8) is 0 Å². The third kappa shape index (κ3) is 2.41. The third-order valence-electron chi connectivity index (χ3n) is 2.70. The zero-order valence-corrected chi connectivity index (χ0v) is 12.9. The van der Waals surface area contributed by atoms with Crippen molar-refractivity contribution in [1.82, 2.24) is 10.1 Å². The third-order valence-corrected chi connectivity index (χ3v) is 4.32. The second-order valence-corrected chi connectivity index (χ2v) is 6.45. The van der Waals surface area contributed by atoms with Crippen LogP contribution < -0.4 is 10.5 Å². The van der Waals surface area contributed by atoms with Gasteiger partial charge in [0, 0.05) is 5.56 Å². The van der Waals surface area contributed by atoms with Crippen LogP contribution in [0.5, 0.6) is 5.75 Å². The molecule has 0 aliphatic carbocycles. The lowest BCUT2D eigenvalue weighted by molar-refractivity contribution is 0.416. The molecule has 0 unspecified atom stereocenters. The largest absolute Gasteiger partial charge is 0.495 e. The van der Waals surface area contributed by atoms with E-state index in [1.165, 1.54) is 0 Å². The Morgan fingerprint density at radius 2 is 2.15 bits per heavy atom. The molecule has 0 saturated carbocycles. The molecule has 1 aromatic carbocycles. The number of rotatable bonds is 3. The molecule has 0 amide bonds. The molecule has 2 N–H and O–H groups in total. The fourth-order valence-electron chi connectivity index (χ4n) is 1.74. The van der Waals surface area contributed by atoms with E-state index >= 15 is 0 Å². The summed E-state index contributed by atoms with van der Waals surface area (Å²) < 4.78 is 11.4. The van der Waals surface area contributed by atoms with E-state index < -0.39 is 0 Å². The van der Waals surface area contributed by atoms with E-state index in [1.807, 2.05) is 18.2 Å². The number of aromatic nitrogens is 2. The highest BCUT2D eigenvalue weighted by Crippen LogP contribution is 2.32. The number of anilines is 1. The summed E-state index contributed by atoms with van der Waals surface area (Å²) in [5.41, 5.74) is 7.16. The van der Waals surface area contributed by atoms with E-state index in [-0.39, 0.29) is 0 Å². The molecule has 0 saturated heterocycles. The SMILES string of the molecule is COc1ccc(-c2nc(-c3ccc(Br)s3)no2)cc1N. The van der Waals surface area contributed by atoms with Gasteiger partial charge in [0.05, 0.1) is 21.5 Å². The number of thiophene rings is 1. The van der Waals surface area contributed by atoms with E-state index in [2.05, 4.69) is 26.1 Å². The van der Waals surface area contributed by atoms with E-state index in [4.69, 9.17) is 15.0 Å². The topological polar surface area (TPSA) is 74.2 Å². The lowest BCUT2D eigenvalue weighted by Crippen LogP contribution is -1.92. The van der Waals surface area contributed by atoms with Gasteiger partial charge in [0.15, 0.2) is 0 Å². The summed E-state index contributed by atoms with van der Waals surface area (Å²) in [6, 6.07) is 9.24. The van der Waals surface area contributed by atoms with Crippen molar-refractivity contribution in [3.05, 3.63) is 34.1 Å². The molecule has 102 valence electrons. The van der Waals surface area contributed by atoms with Crippen molar-refractivity contribution < 1.29 is 9.26 Å². The molecule has 0 spiro atoms. The second kappa shape index (κ2) is 5.26. The maximum Gasteiger partial charge on any atom is 0.258 e. The fraction of sp³-hybridized carbons (Fsp3) is 0.0769. The first-order valence-corrected chi connectivity index (χ1v) is 7.31. The Bertz CT molecular complexity index is 754. The quantitative estimate of drug-likeness (QED) is 0.726. The summed E-state index contributed by atoms with van der Waals surface area (Å²) in [7, 11) is 1.57. The standard InChI is InChI=1S/C13H10BrN3O2S/c1-18-9-3-2-7(6-8(9)15)13-16-12(17-19-13)10-4-5-11(14)20-10/h2-6H,15H2,1H3. The van der Waals surface area contributed by atoms with E-state index in [1.54, 1.807) is 30.6 Å². The summed E-state index contributed by atoms with van der Waals surface area (Å²) in [6.07, 6.45) is 0. The molecule has 0 fully saturated rings. The highest BCUT2D eigenvalue weighted by Gasteiger charge is 2.13. The Balaban J connectivity index is 1.95. The predicted molar refractivity (Wildman–Crippen MR) is 81.7 cm³/mol. The van der Waals surface area contributed by atoms with Gasteiger partial charge in [0.1, 0.15) is 5.75 Å². The second-order valence-electron chi connectivity index (χ2n) is 3.98. The molecule has 3 aromatic rings. The van der Waals surface area contributed by atoms with Crippen LogP contribution in [0.2, 0.25) is 0 Å². The summed E-state index contributed by atoms with van der Waals surface area (Å²) in [5.74, 6) is 1.61. The van der Waals surface area contributed by atoms with Crippen molar-refractivity contribution in [2.24, 2.45) is 0 Å². The van der Waals surface area contributed by atoms with Crippen LogP contribution in [0, 0.1) is 0 Å². The molecular formula is C13H10BrN3O2S. The van der Waals surface area contributed by atoms with Gasteiger partial charge < -0.3 is 15.0 Å². The van der Waals surface area contributed by atoms with E-state index in [9.17, 15) is 0 Å². The van der Waals surface area contributed by atoms with Gasteiger partial charge in [-0.1, -0.05) is 5.16 Å². The molecule has 2 heterocycles. The number of nitrogens with two attached hydrogens (primary N) is 1. The zero-order valence-electron chi connectivity index (χ0n) is 10.5. The van der Waals surface area contributed by atoms with Crippen LogP contribution in [0.3, 0.4) is 0 Å². The minimum Gasteiger partial charge on any atom is -0.495 e. The van der Waals surface area contributed by atoms with Crippen LogP contribution in [-0.2, 0) is 0 Å². The number of hydrogen-bond acceptors (Lipinski definition) is 6. The Kier molecular flexibility index (Phi) is 3.45. The number of halogens is 1. The van der Waals surface area contributed by atoms with Gasteiger partial charge in [-0.3, -0.25) is 0 Å². The van der Waals surface area contributed by atoms with E-state index in [0.717, 1.165) is 14.2 Å². The first kappa shape index (κ1) is 13.1. The number of nitrogen functional groups attached to an aromatic ring is 1. The van der Waals surface area contributed by atoms with Crippen LogP contribution in [0.4, 0.5) is 5.69 Å². The van der Waals surface area contributed by atoms with Crippen LogP contribution >= 0.6 is 27.3 Å². The van der Waals surface area contributed by atoms with E-state index in [0.29, 0.717) is 23.2 Å². The fourth-order valence-corrected chi connectivity index (χ4v) is 3.05. The molecule has 0 radical (unpaired) electrons. The van der Waals surface area contributed by atoms with Crippen molar-refractivity contribution in [3.8, 4) is 27.9 Å². The minimum absolute atomic E-state index is 0.430. The number of hydrogen-bond donors (Lipinski definition) is 1. The summed E-state index contributed by atoms with van der Waals surface area (Å²) in [5, 5.41) is 3.98. The lowest BCUT2D eigenvalue weighted by Gasteiger charge is -2.04. The summed E-state index contributed by atoms with van der Waals surface area (Å²) in [4.78, 5) is 5.31. The average Bonchev–Trinajstić information content (AvgIpc) is 3.07. The minimum atomic E-state index is 0.430.